The molecule has 1 N–H and O–H groups in total. The zero-order valence-corrected chi connectivity index (χ0v) is 14.0. The van der Waals surface area contributed by atoms with Gasteiger partial charge in [0.05, 0.1) is 16.6 Å². The molecule has 2 nitrogen and oxygen atoms in total. The number of rotatable bonds is 5. The summed E-state index contributed by atoms with van der Waals surface area (Å²) in [4.78, 5) is 12.4. The molecular weight excluding hydrogens is 294 g/mol. The maximum atomic E-state index is 12.4. The van der Waals surface area contributed by atoms with Gasteiger partial charge in [0.15, 0.2) is 0 Å². The van der Waals surface area contributed by atoms with Crippen molar-refractivity contribution in [3.63, 3.8) is 0 Å². The van der Waals surface area contributed by atoms with Gasteiger partial charge in [-0.05, 0) is 42.5 Å². The van der Waals surface area contributed by atoms with Crippen molar-refractivity contribution in [1.29, 1.82) is 0 Å². The number of amides is 1. The van der Waals surface area contributed by atoms with E-state index < -0.39 is 0 Å². The molecule has 1 amide bonds. The summed E-state index contributed by atoms with van der Waals surface area (Å²) < 4.78 is 0. The highest BCUT2D eigenvalue weighted by Crippen LogP contribution is 2.24. The van der Waals surface area contributed by atoms with Crippen molar-refractivity contribution in [2.75, 3.05) is 5.32 Å². The summed E-state index contributed by atoms with van der Waals surface area (Å²) in [7, 11) is 0. The van der Waals surface area contributed by atoms with Crippen LogP contribution in [0.15, 0.2) is 48.5 Å². The number of anilines is 1. The number of para-hydroxylation sites is 1. The minimum atomic E-state index is -0.218. The summed E-state index contributed by atoms with van der Waals surface area (Å²) in [6.07, 6.45) is 1.06. The van der Waals surface area contributed by atoms with Gasteiger partial charge >= 0.3 is 0 Å². The fraction of sp³-hybridized carbons (Fsp3) is 0.316. The van der Waals surface area contributed by atoms with Crippen molar-refractivity contribution in [3.05, 3.63) is 64.7 Å². The molecule has 0 bridgehead atoms. The van der Waals surface area contributed by atoms with Gasteiger partial charge in [0.25, 0.3) is 0 Å². The summed E-state index contributed by atoms with van der Waals surface area (Å²) >= 11 is 6.07. The molecule has 2 aromatic rings. The smallest absolute Gasteiger partial charge is 0.231 e. The van der Waals surface area contributed by atoms with Crippen molar-refractivity contribution in [1.82, 2.24) is 0 Å². The molecule has 2 rings (SSSR count). The maximum absolute atomic E-state index is 12.4. The van der Waals surface area contributed by atoms with Crippen LogP contribution in [0.3, 0.4) is 0 Å². The predicted molar refractivity (Wildman–Crippen MR) is 93.5 cm³/mol. The number of benzene rings is 2. The first-order valence-corrected chi connectivity index (χ1v) is 7.99. The summed E-state index contributed by atoms with van der Waals surface area (Å²) in [6, 6.07) is 15.6. The van der Waals surface area contributed by atoms with Crippen LogP contribution in [0.2, 0.25) is 5.02 Å². The first kappa shape index (κ1) is 16.6. The maximum Gasteiger partial charge on any atom is 0.231 e. The van der Waals surface area contributed by atoms with E-state index in [1.54, 1.807) is 12.1 Å². The fourth-order valence-corrected chi connectivity index (χ4v) is 2.55. The third-order valence-electron chi connectivity index (χ3n) is 3.65. The quantitative estimate of drug-likeness (QED) is 0.799. The SMILES string of the molecule is CC(C)Cc1ccc(C(C)C(=O)Nc2ccccc2Cl)cc1. The largest absolute Gasteiger partial charge is 0.324 e. The van der Waals surface area contributed by atoms with Gasteiger partial charge in [0, 0.05) is 0 Å². The van der Waals surface area contributed by atoms with Crippen LogP contribution in [-0.2, 0) is 11.2 Å². The van der Waals surface area contributed by atoms with Crippen LogP contribution in [-0.4, -0.2) is 5.91 Å². The normalized spacial score (nSPS) is 12.2. The molecule has 0 fully saturated rings. The molecule has 0 aliphatic heterocycles. The third-order valence-corrected chi connectivity index (χ3v) is 3.98. The van der Waals surface area contributed by atoms with Gasteiger partial charge in [-0.15, -0.1) is 0 Å². The van der Waals surface area contributed by atoms with E-state index >= 15 is 0 Å². The van der Waals surface area contributed by atoms with Crippen molar-refractivity contribution < 1.29 is 4.79 Å². The lowest BCUT2D eigenvalue weighted by Gasteiger charge is -2.14. The molecule has 0 aromatic heterocycles. The summed E-state index contributed by atoms with van der Waals surface area (Å²) in [6.45, 7) is 6.31. The predicted octanol–water partition coefficient (Wildman–Crippen LogP) is 5.28. The Labute approximate surface area is 137 Å². The van der Waals surface area contributed by atoms with Crippen LogP contribution < -0.4 is 5.32 Å². The fourth-order valence-electron chi connectivity index (χ4n) is 2.37. The zero-order chi connectivity index (χ0) is 16.1. The van der Waals surface area contributed by atoms with E-state index in [1.165, 1.54) is 5.56 Å². The molecule has 0 saturated heterocycles. The van der Waals surface area contributed by atoms with Crippen LogP contribution in [0, 0.1) is 5.92 Å². The highest BCUT2D eigenvalue weighted by molar-refractivity contribution is 6.33. The Balaban J connectivity index is 2.05. The molecule has 22 heavy (non-hydrogen) atoms. The van der Waals surface area contributed by atoms with Crippen molar-refractivity contribution in [2.24, 2.45) is 5.92 Å². The Bertz CT molecular complexity index is 634. The summed E-state index contributed by atoms with van der Waals surface area (Å²) in [5, 5.41) is 3.44. The molecule has 0 radical (unpaired) electrons. The number of carbonyl (C=O) groups is 1. The topological polar surface area (TPSA) is 29.1 Å². The second-order valence-corrected chi connectivity index (χ2v) is 6.44. The standard InChI is InChI=1S/C19H22ClNO/c1-13(2)12-15-8-10-16(11-9-15)14(3)19(22)21-18-7-5-4-6-17(18)20/h4-11,13-14H,12H2,1-3H3,(H,21,22). The minimum Gasteiger partial charge on any atom is -0.324 e. The summed E-state index contributed by atoms with van der Waals surface area (Å²) in [5.74, 6) is 0.362. The number of nitrogens with one attached hydrogen (secondary N) is 1. The van der Waals surface area contributed by atoms with Crippen LogP contribution >= 0.6 is 11.6 Å². The van der Waals surface area contributed by atoms with Gasteiger partial charge < -0.3 is 5.32 Å². The molecule has 0 saturated carbocycles. The number of hydrogen-bond donors (Lipinski definition) is 1. The van der Waals surface area contributed by atoms with Gasteiger partial charge in [-0.1, -0.05) is 61.8 Å². The van der Waals surface area contributed by atoms with E-state index in [9.17, 15) is 4.79 Å². The van der Waals surface area contributed by atoms with Crippen LogP contribution in [0.25, 0.3) is 0 Å². The lowest BCUT2D eigenvalue weighted by molar-refractivity contribution is -0.117. The highest BCUT2D eigenvalue weighted by atomic mass is 35.5. The van der Waals surface area contributed by atoms with E-state index in [-0.39, 0.29) is 11.8 Å². The second-order valence-electron chi connectivity index (χ2n) is 6.03. The Morgan fingerprint density at radius 3 is 2.27 bits per heavy atom. The molecular formula is C19H22ClNO. The molecule has 0 heterocycles. The number of hydrogen-bond acceptors (Lipinski definition) is 1. The molecule has 0 spiro atoms. The molecule has 2 aromatic carbocycles. The molecule has 3 heteroatoms. The van der Waals surface area contributed by atoms with Gasteiger partial charge in [-0.2, -0.15) is 0 Å². The molecule has 0 aliphatic carbocycles. The van der Waals surface area contributed by atoms with Gasteiger partial charge in [-0.25, -0.2) is 0 Å². The lowest BCUT2D eigenvalue weighted by Crippen LogP contribution is -2.19. The van der Waals surface area contributed by atoms with Gasteiger partial charge in [0.2, 0.25) is 5.91 Å². The van der Waals surface area contributed by atoms with E-state index in [0.717, 1.165) is 12.0 Å². The van der Waals surface area contributed by atoms with Crippen molar-refractivity contribution in [3.8, 4) is 0 Å². The van der Waals surface area contributed by atoms with Crippen LogP contribution in [0.5, 0.6) is 0 Å². The monoisotopic (exact) mass is 315 g/mol. The average Bonchev–Trinajstić information content (AvgIpc) is 2.49. The Morgan fingerprint density at radius 1 is 1.05 bits per heavy atom. The number of halogens is 1. The van der Waals surface area contributed by atoms with Gasteiger partial charge in [-0.3, -0.25) is 4.79 Å². The second kappa shape index (κ2) is 7.46. The van der Waals surface area contributed by atoms with Crippen molar-refractivity contribution >= 4 is 23.2 Å². The Kier molecular flexibility index (Phi) is 5.62. The molecule has 116 valence electrons. The molecule has 1 unspecified atom stereocenters. The average molecular weight is 316 g/mol. The van der Waals surface area contributed by atoms with E-state index in [4.69, 9.17) is 11.6 Å². The van der Waals surface area contributed by atoms with Gasteiger partial charge in [0.1, 0.15) is 0 Å². The first-order valence-electron chi connectivity index (χ1n) is 7.61. The Morgan fingerprint density at radius 2 is 1.68 bits per heavy atom. The van der Waals surface area contributed by atoms with E-state index in [1.807, 2.05) is 31.2 Å². The van der Waals surface area contributed by atoms with Crippen LogP contribution in [0.4, 0.5) is 5.69 Å². The van der Waals surface area contributed by atoms with E-state index in [2.05, 4.69) is 31.3 Å². The summed E-state index contributed by atoms with van der Waals surface area (Å²) in [5.41, 5.74) is 2.96. The highest BCUT2D eigenvalue weighted by Gasteiger charge is 2.16. The molecule has 0 aliphatic rings. The molecule has 1 atom stereocenters. The lowest BCUT2D eigenvalue weighted by atomic mass is 9.96. The first-order chi connectivity index (χ1) is 10.5. The zero-order valence-electron chi connectivity index (χ0n) is 13.3. The minimum absolute atomic E-state index is 0.0512. The third kappa shape index (κ3) is 4.35. The Hall–Kier alpha value is -1.80. The van der Waals surface area contributed by atoms with E-state index in [0.29, 0.717) is 16.6 Å². The van der Waals surface area contributed by atoms with Crippen LogP contribution in [0.1, 0.15) is 37.8 Å². The van der Waals surface area contributed by atoms with Crippen molar-refractivity contribution in [2.45, 2.75) is 33.1 Å². The number of carbonyl (C=O) groups excluding carboxylic acids is 1.